The first-order valence-electron chi connectivity index (χ1n) is 8.51. The van der Waals surface area contributed by atoms with Crippen LogP contribution in [0.15, 0.2) is 24.3 Å². The molecule has 1 aromatic rings. The van der Waals surface area contributed by atoms with E-state index in [9.17, 15) is 9.59 Å². The van der Waals surface area contributed by atoms with Crippen molar-refractivity contribution in [1.29, 1.82) is 0 Å². The van der Waals surface area contributed by atoms with E-state index < -0.39 is 0 Å². The summed E-state index contributed by atoms with van der Waals surface area (Å²) >= 11 is 0. The molecule has 124 valence electrons. The van der Waals surface area contributed by atoms with Crippen LogP contribution < -0.4 is 5.32 Å². The molecule has 1 aromatic carbocycles. The molecule has 3 heterocycles. The van der Waals surface area contributed by atoms with Crippen molar-refractivity contribution in [3.63, 3.8) is 0 Å². The van der Waals surface area contributed by atoms with Gasteiger partial charge in [0, 0.05) is 31.4 Å². The number of nitrogens with one attached hydrogen (secondary N) is 1. The van der Waals surface area contributed by atoms with E-state index in [0.717, 1.165) is 37.1 Å². The van der Waals surface area contributed by atoms with Crippen molar-refractivity contribution in [2.75, 3.05) is 25.0 Å². The van der Waals surface area contributed by atoms with Gasteiger partial charge in [0.2, 0.25) is 5.91 Å². The maximum absolute atomic E-state index is 12.6. The summed E-state index contributed by atoms with van der Waals surface area (Å²) in [6.45, 7) is 6.08. The highest BCUT2D eigenvalue weighted by molar-refractivity contribution is 5.90. The predicted octanol–water partition coefficient (Wildman–Crippen LogP) is 2.86. The minimum absolute atomic E-state index is 0.0379. The summed E-state index contributed by atoms with van der Waals surface area (Å²) in [7, 11) is 0. The van der Waals surface area contributed by atoms with Crippen molar-refractivity contribution in [1.82, 2.24) is 9.80 Å². The summed E-state index contributed by atoms with van der Waals surface area (Å²) in [4.78, 5) is 28.9. The average molecular weight is 315 g/mol. The second-order valence-electron chi connectivity index (χ2n) is 6.66. The summed E-state index contributed by atoms with van der Waals surface area (Å²) in [5, 5.41) is 2.95. The quantitative estimate of drug-likeness (QED) is 0.932. The Kier molecular flexibility index (Phi) is 4.55. The van der Waals surface area contributed by atoms with Crippen LogP contribution in [0.5, 0.6) is 0 Å². The van der Waals surface area contributed by atoms with E-state index in [1.54, 1.807) is 0 Å². The molecular formula is C18H25N3O2. The smallest absolute Gasteiger partial charge is 0.321 e. The number of nitrogens with zero attached hydrogens (tertiary/aromatic N) is 2. The lowest BCUT2D eigenvalue weighted by molar-refractivity contribution is -0.139. The topological polar surface area (TPSA) is 52.7 Å². The SMILES string of the molecule is CCCN1C(=O)[C@H]2CC[C@@H]1CN(C(=O)Nc1ccc(C)cc1)C2. The molecule has 3 amide bonds. The van der Waals surface area contributed by atoms with Crippen LogP contribution in [0.1, 0.15) is 31.7 Å². The van der Waals surface area contributed by atoms with E-state index in [1.807, 2.05) is 41.0 Å². The minimum atomic E-state index is -0.100. The highest BCUT2D eigenvalue weighted by Gasteiger charge is 2.41. The molecule has 2 bridgehead atoms. The zero-order valence-corrected chi connectivity index (χ0v) is 13.9. The number of fused-ring (bicyclic) bond motifs is 4. The van der Waals surface area contributed by atoms with Crippen LogP contribution in [0, 0.1) is 12.8 Å². The van der Waals surface area contributed by atoms with Crippen molar-refractivity contribution in [3.05, 3.63) is 29.8 Å². The lowest BCUT2D eigenvalue weighted by Crippen LogP contribution is -2.48. The number of urea groups is 1. The Morgan fingerprint density at radius 3 is 2.65 bits per heavy atom. The molecule has 5 heteroatoms. The molecule has 5 nitrogen and oxygen atoms in total. The van der Waals surface area contributed by atoms with Crippen LogP contribution in [0.2, 0.25) is 0 Å². The zero-order valence-electron chi connectivity index (χ0n) is 13.9. The number of piperidine rings is 1. The first kappa shape index (κ1) is 15.8. The summed E-state index contributed by atoms with van der Waals surface area (Å²) in [6, 6.07) is 7.85. The van der Waals surface area contributed by atoms with Gasteiger partial charge in [0.15, 0.2) is 0 Å². The molecule has 3 saturated heterocycles. The number of amides is 3. The van der Waals surface area contributed by atoms with Crippen LogP contribution in [0.3, 0.4) is 0 Å². The maximum Gasteiger partial charge on any atom is 0.321 e. The fraction of sp³-hybridized carbons (Fsp3) is 0.556. The Hall–Kier alpha value is -2.04. The number of hydrogen-bond acceptors (Lipinski definition) is 2. The van der Waals surface area contributed by atoms with Gasteiger partial charge in [-0.3, -0.25) is 4.79 Å². The monoisotopic (exact) mass is 315 g/mol. The first-order valence-corrected chi connectivity index (χ1v) is 8.51. The number of carbonyl (C=O) groups is 2. The lowest BCUT2D eigenvalue weighted by Gasteiger charge is -2.35. The first-order chi connectivity index (χ1) is 11.1. The lowest BCUT2D eigenvalue weighted by atomic mass is 9.94. The third-order valence-electron chi connectivity index (χ3n) is 4.85. The predicted molar refractivity (Wildman–Crippen MR) is 90.3 cm³/mol. The molecule has 1 N–H and O–H groups in total. The second kappa shape index (κ2) is 6.60. The average Bonchev–Trinajstić information content (AvgIpc) is 2.83. The van der Waals surface area contributed by atoms with Crippen molar-refractivity contribution >= 4 is 17.6 Å². The molecule has 0 radical (unpaired) electrons. The Morgan fingerprint density at radius 1 is 1.22 bits per heavy atom. The van der Waals surface area contributed by atoms with Crippen LogP contribution in [-0.2, 0) is 4.79 Å². The summed E-state index contributed by atoms with van der Waals surface area (Å²) < 4.78 is 0. The Morgan fingerprint density at radius 2 is 1.96 bits per heavy atom. The Labute approximate surface area is 137 Å². The van der Waals surface area contributed by atoms with Crippen LogP contribution >= 0.6 is 0 Å². The van der Waals surface area contributed by atoms with Crippen LogP contribution in [0.25, 0.3) is 0 Å². The summed E-state index contributed by atoms with van der Waals surface area (Å²) in [5.74, 6) is 0.192. The molecule has 0 saturated carbocycles. The number of carbonyl (C=O) groups excluding carboxylic acids is 2. The largest absolute Gasteiger partial charge is 0.338 e. The highest BCUT2D eigenvalue weighted by atomic mass is 16.2. The van der Waals surface area contributed by atoms with Gasteiger partial charge in [-0.2, -0.15) is 0 Å². The van der Waals surface area contributed by atoms with Gasteiger partial charge >= 0.3 is 6.03 Å². The van der Waals surface area contributed by atoms with Crippen molar-refractivity contribution in [2.45, 2.75) is 39.2 Å². The van der Waals surface area contributed by atoms with E-state index in [1.165, 1.54) is 0 Å². The van der Waals surface area contributed by atoms with Crippen LogP contribution in [-0.4, -0.2) is 47.4 Å². The second-order valence-corrected chi connectivity index (χ2v) is 6.66. The molecule has 3 aliphatic heterocycles. The molecule has 3 fully saturated rings. The molecule has 3 aliphatic rings. The number of anilines is 1. The van der Waals surface area contributed by atoms with Gasteiger partial charge < -0.3 is 15.1 Å². The van der Waals surface area contributed by atoms with Crippen molar-refractivity contribution in [3.8, 4) is 0 Å². The van der Waals surface area contributed by atoms with Crippen molar-refractivity contribution < 1.29 is 9.59 Å². The molecule has 0 aliphatic carbocycles. The molecule has 2 atom stereocenters. The van der Waals surface area contributed by atoms with E-state index >= 15 is 0 Å². The summed E-state index contributed by atoms with van der Waals surface area (Å²) in [5.41, 5.74) is 1.96. The van der Waals surface area contributed by atoms with Gasteiger partial charge in [0.05, 0.1) is 5.92 Å². The Balaban J connectivity index is 1.70. The normalized spacial score (nSPS) is 23.8. The highest BCUT2D eigenvalue weighted by Crippen LogP contribution is 2.29. The van der Waals surface area contributed by atoms with E-state index in [-0.39, 0.29) is 23.9 Å². The molecule has 0 spiro atoms. The number of benzene rings is 1. The third kappa shape index (κ3) is 3.33. The van der Waals surface area contributed by atoms with Gasteiger partial charge in [-0.05, 0) is 38.3 Å². The minimum Gasteiger partial charge on any atom is -0.338 e. The molecule has 23 heavy (non-hydrogen) atoms. The number of aryl methyl sites for hydroxylation is 1. The third-order valence-corrected chi connectivity index (χ3v) is 4.85. The van der Waals surface area contributed by atoms with Gasteiger partial charge in [-0.25, -0.2) is 4.79 Å². The van der Waals surface area contributed by atoms with E-state index in [2.05, 4.69) is 12.2 Å². The van der Waals surface area contributed by atoms with Gasteiger partial charge in [-0.15, -0.1) is 0 Å². The number of rotatable bonds is 3. The van der Waals surface area contributed by atoms with E-state index in [0.29, 0.717) is 13.1 Å². The standard InChI is InChI=1S/C18H25N3O2/c1-3-10-21-16-9-6-14(17(21)22)11-20(12-16)18(23)19-15-7-4-13(2)5-8-15/h4-5,7-8,14,16H,3,6,9-12H2,1-2H3,(H,19,23)/t14-,16+/m0/s1. The molecule has 0 unspecified atom stereocenters. The molecule has 0 aromatic heterocycles. The summed E-state index contributed by atoms with van der Waals surface area (Å²) in [6.07, 6.45) is 2.87. The van der Waals surface area contributed by atoms with E-state index in [4.69, 9.17) is 0 Å². The van der Waals surface area contributed by atoms with Crippen LogP contribution in [0.4, 0.5) is 10.5 Å². The molecule has 4 rings (SSSR count). The fourth-order valence-electron chi connectivity index (χ4n) is 3.58. The molecular weight excluding hydrogens is 290 g/mol. The van der Waals surface area contributed by atoms with Gasteiger partial charge in [0.25, 0.3) is 0 Å². The van der Waals surface area contributed by atoms with Crippen molar-refractivity contribution in [2.24, 2.45) is 5.92 Å². The van der Waals surface area contributed by atoms with Gasteiger partial charge in [0.1, 0.15) is 0 Å². The maximum atomic E-state index is 12.6. The zero-order chi connectivity index (χ0) is 16.4. The van der Waals surface area contributed by atoms with Gasteiger partial charge in [-0.1, -0.05) is 24.6 Å². The number of hydrogen-bond donors (Lipinski definition) is 1. The Bertz CT molecular complexity index is 584. The fourth-order valence-corrected chi connectivity index (χ4v) is 3.58.